The minimum Gasteiger partial charge on any atom is -0.393 e. The normalized spacial score (nSPS) is 19.1. The number of anilines is 1. The lowest BCUT2D eigenvalue weighted by molar-refractivity contribution is -0.121. The van der Waals surface area contributed by atoms with Gasteiger partial charge in [-0.05, 0) is 44.0 Å². The Kier molecular flexibility index (Phi) is 4.80. The van der Waals surface area contributed by atoms with Gasteiger partial charge in [-0.25, -0.2) is 0 Å². The Morgan fingerprint density at radius 2 is 1.95 bits per heavy atom. The Bertz CT molecular complexity index is 428. The van der Waals surface area contributed by atoms with Crippen molar-refractivity contribution in [2.75, 3.05) is 18.4 Å². The number of rotatable bonds is 3. The summed E-state index contributed by atoms with van der Waals surface area (Å²) < 4.78 is 0. The number of hydrogen-bond acceptors (Lipinski definition) is 3. The fraction of sp³-hybridized carbons (Fsp3) is 0.500. The molecule has 5 heteroatoms. The zero-order valence-electron chi connectivity index (χ0n) is 11.0. The molecule has 4 nitrogen and oxygen atoms in total. The topological polar surface area (TPSA) is 52.6 Å². The van der Waals surface area contributed by atoms with Crippen molar-refractivity contribution >= 4 is 23.2 Å². The summed E-state index contributed by atoms with van der Waals surface area (Å²) in [6, 6.07) is 6.88. The molecule has 0 aliphatic carbocycles. The van der Waals surface area contributed by atoms with E-state index in [4.69, 9.17) is 11.6 Å². The van der Waals surface area contributed by atoms with E-state index in [0.29, 0.717) is 5.02 Å². The molecule has 0 radical (unpaired) electrons. The zero-order chi connectivity index (χ0) is 13.8. The predicted octanol–water partition coefficient (Wildman–Crippen LogP) is 2.12. The Labute approximate surface area is 118 Å². The van der Waals surface area contributed by atoms with Gasteiger partial charge in [0.05, 0.1) is 12.1 Å². The van der Waals surface area contributed by atoms with Gasteiger partial charge in [0.1, 0.15) is 0 Å². The second-order valence-electron chi connectivity index (χ2n) is 4.94. The second kappa shape index (κ2) is 6.37. The summed E-state index contributed by atoms with van der Waals surface area (Å²) in [6.07, 6.45) is 1.25. The maximum atomic E-state index is 12.1. The number of benzene rings is 1. The van der Waals surface area contributed by atoms with Crippen LogP contribution in [0.15, 0.2) is 24.3 Å². The molecule has 0 aromatic heterocycles. The van der Waals surface area contributed by atoms with Crippen LogP contribution in [-0.4, -0.2) is 41.1 Å². The SMILES string of the molecule is C[C@H](C(=O)Nc1ccc(Cl)cc1)N1CCC(O)CC1. The minimum atomic E-state index is -0.220. The lowest BCUT2D eigenvalue weighted by atomic mass is 10.1. The van der Waals surface area contributed by atoms with Crippen LogP contribution in [0.3, 0.4) is 0 Å². The molecule has 1 fully saturated rings. The number of carbonyl (C=O) groups excluding carboxylic acids is 1. The van der Waals surface area contributed by atoms with Gasteiger partial charge in [-0.1, -0.05) is 11.6 Å². The summed E-state index contributed by atoms with van der Waals surface area (Å²) in [7, 11) is 0. The van der Waals surface area contributed by atoms with E-state index in [0.717, 1.165) is 31.6 Å². The number of aliphatic hydroxyl groups excluding tert-OH is 1. The lowest BCUT2D eigenvalue weighted by Crippen LogP contribution is -2.47. The van der Waals surface area contributed by atoms with Crippen molar-refractivity contribution in [3.8, 4) is 0 Å². The number of nitrogens with zero attached hydrogens (tertiary/aromatic N) is 1. The highest BCUT2D eigenvalue weighted by atomic mass is 35.5. The van der Waals surface area contributed by atoms with Crippen molar-refractivity contribution in [1.29, 1.82) is 0 Å². The first-order chi connectivity index (χ1) is 9.06. The van der Waals surface area contributed by atoms with Crippen LogP contribution in [0.25, 0.3) is 0 Å². The van der Waals surface area contributed by atoms with Gasteiger partial charge in [0.25, 0.3) is 0 Å². The van der Waals surface area contributed by atoms with E-state index < -0.39 is 0 Å². The van der Waals surface area contributed by atoms with Crippen LogP contribution >= 0.6 is 11.6 Å². The highest BCUT2D eigenvalue weighted by Gasteiger charge is 2.25. The highest BCUT2D eigenvalue weighted by Crippen LogP contribution is 2.16. The van der Waals surface area contributed by atoms with Crippen molar-refractivity contribution in [2.24, 2.45) is 0 Å². The van der Waals surface area contributed by atoms with Gasteiger partial charge >= 0.3 is 0 Å². The Hall–Kier alpha value is -1.10. The first-order valence-electron chi connectivity index (χ1n) is 6.55. The molecule has 19 heavy (non-hydrogen) atoms. The molecule has 1 aliphatic rings. The molecule has 1 heterocycles. The number of aliphatic hydroxyl groups is 1. The van der Waals surface area contributed by atoms with Gasteiger partial charge in [-0.3, -0.25) is 9.69 Å². The highest BCUT2D eigenvalue weighted by molar-refractivity contribution is 6.30. The molecule has 2 N–H and O–H groups in total. The molecule has 1 atom stereocenters. The van der Waals surface area contributed by atoms with Gasteiger partial charge in [0.2, 0.25) is 5.91 Å². The van der Waals surface area contributed by atoms with Gasteiger partial charge in [-0.15, -0.1) is 0 Å². The molecule has 0 spiro atoms. The van der Waals surface area contributed by atoms with E-state index in [1.807, 2.05) is 6.92 Å². The molecule has 1 amide bonds. The Morgan fingerprint density at radius 1 is 1.37 bits per heavy atom. The maximum absolute atomic E-state index is 12.1. The van der Waals surface area contributed by atoms with Crippen molar-refractivity contribution in [1.82, 2.24) is 4.90 Å². The molecule has 0 unspecified atom stereocenters. The van der Waals surface area contributed by atoms with Crippen LogP contribution in [0.4, 0.5) is 5.69 Å². The minimum absolute atomic E-state index is 0.0290. The molecule has 0 saturated carbocycles. The number of likely N-dealkylation sites (tertiary alicyclic amines) is 1. The van der Waals surface area contributed by atoms with Crippen LogP contribution < -0.4 is 5.32 Å². The third-order valence-electron chi connectivity index (χ3n) is 3.54. The van der Waals surface area contributed by atoms with Crippen molar-refractivity contribution in [2.45, 2.75) is 31.9 Å². The fourth-order valence-corrected chi connectivity index (χ4v) is 2.34. The smallest absolute Gasteiger partial charge is 0.241 e. The molecule has 0 bridgehead atoms. The second-order valence-corrected chi connectivity index (χ2v) is 5.38. The summed E-state index contributed by atoms with van der Waals surface area (Å²) in [5.41, 5.74) is 0.748. The van der Waals surface area contributed by atoms with Gasteiger partial charge in [0.15, 0.2) is 0 Å². The van der Waals surface area contributed by atoms with Crippen LogP contribution in [-0.2, 0) is 4.79 Å². The van der Waals surface area contributed by atoms with Crippen LogP contribution in [0.2, 0.25) is 5.02 Å². The quantitative estimate of drug-likeness (QED) is 0.893. The van der Waals surface area contributed by atoms with Crippen molar-refractivity contribution in [3.63, 3.8) is 0 Å². The molecular formula is C14H19ClN2O2. The predicted molar refractivity (Wildman–Crippen MR) is 76.4 cm³/mol. The van der Waals surface area contributed by atoms with E-state index in [2.05, 4.69) is 10.2 Å². The number of amides is 1. The number of piperidine rings is 1. The van der Waals surface area contributed by atoms with Crippen LogP contribution in [0, 0.1) is 0 Å². The first kappa shape index (κ1) is 14.3. The van der Waals surface area contributed by atoms with E-state index in [-0.39, 0.29) is 18.1 Å². The summed E-state index contributed by atoms with van der Waals surface area (Å²) in [6.45, 7) is 3.41. The Balaban J connectivity index is 1.90. The number of nitrogens with one attached hydrogen (secondary N) is 1. The van der Waals surface area contributed by atoms with Gasteiger partial charge in [-0.2, -0.15) is 0 Å². The van der Waals surface area contributed by atoms with Gasteiger partial charge < -0.3 is 10.4 Å². The molecule has 2 rings (SSSR count). The van der Waals surface area contributed by atoms with E-state index in [1.54, 1.807) is 24.3 Å². The number of hydrogen-bond donors (Lipinski definition) is 2. The molecule has 1 aromatic carbocycles. The van der Waals surface area contributed by atoms with E-state index >= 15 is 0 Å². The first-order valence-corrected chi connectivity index (χ1v) is 6.92. The van der Waals surface area contributed by atoms with E-state index in [9.17, 15) is 9.90 Å². The molecule has 104 valence electrons. The fourth-order valence-electron chi connectivity index (χ4n) is 2.22. The molecule has 1 saturated heterocycles. The standard InChI is InChI=1S/C14H19ClN2O2/c1-10(17-8-6-13(18)7-9-17)14(19)16-12-4-2-11(15)3-5-12/h2-5,10,13,18H,6-9H2,1H3,(H,16,19)/t10-/m1/s1. The van der Waals surface area contributed by atoms with E-state index in [1.165, 1.54) is 0 Å². The number of carbonyl (C=O) groups is 1. The van der Waals surface area contributed by atoms with Crippen LogP contribution in [0.1, 0.15) is 19.8 Å². The summed E-state index contributed by atoms with van der Waals surface area (Å²) in [5, 5.41) is 13.0. The van der Waals surface area contributed by atoms with Gasteiger partial charge in [0, 0.05) is 23.8 Å². The average Bonchev–Trinajstić information content (AvgIpc) is 2.41. The summed E-state index contributed by atoms with van der Waals surface area (Å²) in [4.78, 5) is 14.2. The third-order valence-corrected chi connectivity index (χ3v) is 3.79. The maximum Gasteiger partial charge on any atom is 0.241 e. The largest absolute Gasteiger partial charge is 0.393 e. The summed E-state index contributed by atoms with van der Waals surface area (Å²) in [5.74, 6) is -0.0290. The Morgan fingerprint density at radius 3 is 2.53 bits per heavy atom. The molecular weight excluding hydrogens is 264 g/mol. The summed E-state index contributed by atoms with van der Waals surface area (Å²) >= 11 is 5.80. The monoisotopic (exact) mass is 282 g/mol. The van der Waals surface area contributed by atoms with Crippen molar-refractivity contribution < 1.29 is 9.90 Å². The average molecular weight is 283 g/mol. The third kappa shape index (κ3) is 3.93. The molecule has 1 aliphatic heterocycles. The van der Waals surface area contributed by atoms with Crippen LogP contribution in [0.5, 0.6) is 0 Å². The lowest BCUT2D eigenvalue weighted by Gasteiger charge is -2.33. The zero-order valence-corrected chi connectivity index (χ0v) is 11.7. The molecule has 1 aromatic rings. The van der Waals surface area contributed by atoms with Crippen molar-refractivity contribution in [3.05, 3.63) is 29.3 Å². The number of halogens is 1.